The summed E-state index contributed by atoms with van der Waals surface area (Å²) in [6.07, 6.45) is 6.94. The maximum atomic E-state index is 12.3. The molecule has 0 saturated carbocycles. The molecule has 3 rings (SSSR count). The van der Waals surface area contributed by atoms with Gasteiger partial charge in [0.1, 0.15) is 0 Å². The van der Waals surface area contributed by atoms with Gasteiger partial charge in [-0.3, -0.25) is 4.79 Å². The minimum absolute atomic E-state index is 0.236. The van der Waals surface area contributed by atoms with Gasteiger partial charge in [-0.25, -0.2) is 0 Å². The fourth-order valence-corrected chi connectivity index (χ4v) is 3.40. The first-order chi connectivity index (χ1) is 8.74. The van der Waals surface area contributed by atoms with Gasteiger partial charge in [-0.05, 0) is 44.7 Å². The van der Waals surface area contributed by atoms with Crippen molar-refractivity contribution < 1.29 is 4.79 Å². The fraction of sp³-hybridized carbons (Fsp3) is 0.933. The number of hydrogen-bond donors (Lipinski definition) is 1. The van der Waals surface area contributed by atoms with E-state index in [0.29, 0.717) is 11.9 Å². The maximum absolute atomic E-state index is 12.3. The van der Waals surface area contributed by atoms with Crippen molar-refractivity contribution in [2.75, 3.05) is 19.6 Å². The monoisotopic (exact) mass is 252 g/mol. The maximum Gasteiger partial charge on any atom is 0.223 e. The largest absolute Gasteiger partial charge is 0.352 e. The van der Waals surface area contributed by atoms with Crippen LogP contribution in [0.2, 0.25) is 0 Å². The summed E-state index contributed by atoms with van der Waals surface area (Å²) in [5, 5.41) is 3.33. The molecule has 2 atom stereocenters. The highest BCUT2D eigenvalue weighted by Crippen LogP contribution is 2.28. The Kier molecular flexibility index (Phi) is 5.04. The van der Waals surface area contributed by atoms with Crippen LogP contribution in [0.5, 0.6) is 0 Å². The Hall–Kier alpha value is -0.570. The van der Waals surface area contributed by atoms with E-state index in [2.05, 4.69) is 24.1 Å². The molecule has 0 radical (unpaired) electrons. The van der Waals surface area contributed by atoms with Gasteiger partial charge in [-0.15, -0.1) is 0 Å². The predicted octanol–water partition coefficient (Wildman–Crippen LogP) is 2.41. The second-order valence-corrected chi connectivity index (χ2v) is 6.00. The van der Waals surface area contributed by atoms with E-state index < -0.39 is 0 Å². The molecule has 3 heteroatoms. The number of rotatable bonds is 6. The quantitative estimate of drug-likeness (QED) is 0.787. The fourth-order valence-electron chi connectivity index (χ4n) is 3.40. The highest BCUT2D eigenvalue weighted by Gasteiger charge is 2.35. The highest BCUT2D eigenvalue weighted by molar-refractivity contribution is 5.79. The summed E-state index contributed by atoms with van der Waals surface area (Å²) in [7, 11) is 0. The van der Waals surface area contributed by atoms with E-state index in [0.717, 1.165) is 25.3 Å². The molecule has 3 nitrogen and oxygen atoms in total. The van der Waals surface area contributed by atoms with Crippen LogP contribution in [-0.4, -0.2) is 36.5 Å². The zero-order chi connectivity index (χ0) is 13.0. The van der Waals surface area contributed by atoms with Crippen LogP contribution in [0.1, 0.15) is 52.4 Å². The van der Waals surface area contributed by atoms with Crippen molar-refractivity contribution in [3.8, 4) is 0 Å². The van der Waals surface area contributed by atoms with Crippen LogP contribution in [0.4, 0.5) is 0 Å². The second kappa shape index (κ2) is 6.55. The summed E-state index contributed by atoms with van der Waals surface area (Å²) in [4.78, 5) is 14.8. The Balaban J connectivity index is 1.82. The average Bonchev–Trinajstić information content (AvgIpc) is 2.41. The zero-order valence-electron chi connectivity index (χ0n) is 12.0. The smallest absolute Gasteiger partial charge is 0.223 e. The van der Waals surface area contributed by atoms with Gasteiger partial charge in [0.15, 0.2) is 0 Å². The molecule has 0 aromatic carbocycles. The Morgan fingerprint density at radius 1 is 1.33 bits per heavy atom. The SMILES string of the molecule is CCCCC(CC)C(=O)NC1CN2CCC1CC2. The van der Waals surface area contributed by atoms with E-state index in [1.165, 1.54) is 38.8 Å². The van der Waals surface area contributed by atoms with Gasteiger partial charge in [0.2, 0.25) is 5.91 Å². The molecule has 2 unspecified atom stereocenters. The van der Waals surface area contributed by atoms with Gasteiger partial charge < -0.3 is 10.2 Å². The van der Waals surface area contributed by atoms with Gasteiger partial charge >= 0.3 is 0 Å². The van der Waals surface area contributed by atoms with Crippen LogP contribution in [0.25, 0.3) is 0 Å². The van der Waals surface area contributed by atoms with Crippen LogP contribution < -0.4 is 5.32 Å². The summed E-state index contributed by atoms with van der Waals surface area (Å²) >= 11 is 0. The molecule has 0 aliphatic carbocycles. The summed E-state index contributed by atoms with van der Waals surface area (Å²) < 4.78 is 0. The number of carbonyl (C=O) groups is 1. The van der Waals surface area contributed by atoms with E-state index in [1.54, 1.807) is 0 Å². The van der Waals surface area contributed by atoms with Gasteiger partial charge in [0, 0.05) is 18.5 Å². The molecule has 2 bridgehead atoms. The lowest BCUT2D eigenvalue weighted by Gasteiger charge is -2.45. The van der Waals surface area contributed by atoms with Crippen molar-refractivity contribution in [2.24, 2.45) is 11.8 Å². The molecule has 0 spiro atoms. The molecule has 3 heterocycles. The van der Waals surface area contributed by atoms with E-state index in [9.17, 15) is 4.79 Å². The number of nitrogens with zero attached hydrogens (tertiary/aromatic N) is 1. The summed E-state index contributed by atoms with van der Waals surface area (Å²) in [5.41, 5.74) is 0. The number of nitrogens with one attached hydrogen (secondary N) is 1. The van der Waals surface area contributed by atoms with Gasteiger partial charge in [-0.2, -0.15) is 0 Å². The predicted molar refractivity (Wildman–Crippen MR) is 74.4 cm³/mol. The van der Waals surface area contributed by atoms with Gasteiger partial charge in [0.25, 0.3) is 0 Å². The minimum atomic E-state index is 0.236. The van der Waals surface area contributed by atoms with E-state index in [1.807, 2.05) is 0 Å². The number of fused-ring (bicyclic) bond motifs is 3. The van der Waals surface area contributed by atoms with Crippen molar-refractivity contribution in [3.05, 3.63) is 0 Å². The lowest BCUT2D eigenvalue weighted by atomic mass is 9.83. The molecule has 0 aromatic heterocycles. The van der Waals surface area contributed by atoms with Crippen LogP contribution in [0.15, 0.2) is 0 Å². The zero-order valence-corrected chi connectivity index (χ0v) is 12.0. The average molecular weight is 252 g/mol. The number of unbranched alkanes of at least 4 members (excludes halogenated alkanes) is 1. The third-order valence-corrected chi connectivity index (χ3v) is 4.75. The molecule has 104 valence electrons. The number of amides is 1. The normalized spacial score (nSPS) is 32.2. The van der Waals surface area contributed by atoms with Crippen molar-refractivity contribution in [1.29, 1.82) is 0 Å². The first-order valence-electron chi connectivity index (χ1n) is 7.77. The second-order valence-electron chi connectivity index (χ2n) is 6.00. The van der Waals surface area contributed by atoms with Crippen LogP contribution in [0.3, 0.4) is 0 Å². The Morgan fingerprint density at radius 2 is 2.06 bits per heavy atom. The van der Waals surface area contributed by atoms with Gasteiger partial charge in [-0.1, -0.05) is 26.7 Å². The summed E-state index contributed by atoms with van der Waals surface area (Å²) in [6, 6.07) is 0.427. The molecular formula is C15H28N2O. The van der Waals surface area contributed by atoms with Crippen LogP contribution in [0, 0.1) is 11.8 Å². The molecule has 3 fully saturated rings. The van der Waals surface area contributed by atoms with Crippen molar-refractivity contribution >= 4 is 5.91 Å². The van der Waals surface area contributed by atoms with Crippen molar-refractivity contribution in [2.45, 2.75) is 58.4 Å². The Bertz CT molecular complexity index is 272. The minimum Gasteiger partial charge on any atom is -0.352 e. The summed E-state index contributed by atoms with van der Waals surface area (Å²) in [6.45, 7) is 7.89. The lowest BCUT2D eigenvalue weighted by Crippen LogP contribution is -2.57. The van der Waals surface area contributed by atoms with E-state index in [4.69, 9.17) is 0 Å². The third kappa shape index (κ3) is 3.25. The standard InChI is InChI=1S/C15H28N2O/c1-3-5-6-12(4-2)15(18)16-14-11-17-9-7-13(14)8-10-17/h12-14H,3-11H2,1-2H3,(H,16,18). The van der Waals surface area contributed by atoms with Crippen LogP contribution in [-0.2, 0) is 4.79 Å². The molecule has 1 amide bonds. The Morgan fingerprint density at radius 3 is 2.56 bits per heavy atom. The molecule has 3 aliphatic rings. The molecule has 0 aromatic rings. The number of carbonyl (C=O) groups excluding carboxylic acids is 1. The Labute approximate surface area is 111 Å². The van der Waals surface area contributed by atoms with Crippen molar-refractivity contribution in [3.63, 3.8) is 0 Å². The first-order valence-corrected chi connectivity index (χ1v) is 7.77. The third-order valence-electron chi connectivity index (χ3n) is 4.75. The molecular weight excluding hydrogens is 224 g/mol. The first kappa shape index (κ1) is 13.9. The summed E-state index contributed by atoms with van der Waals surface area (Å²) in [5.74, 6) is 1.28. The number of hydrogen-bond acceptors (Lipinski definition) is 2. The van der Waals surface area contributed by atoms with E-state index in [-0.39, 0.29) is 5.92 Å². The number of piperidine rings is 3. The molecule has 3 aliphatic heterocycles. The van der Waals surface area contributed by atoms with Crippen LogP contribution >= 0.6 is 0 Å². The molecule has 3 saturated heterocycles. The molecule has 18 heavy (non-hydrogen) atoms. The molecule has 1 N–H and O–H groups in total. The topological polar surface area (TPSA) is 32.3 Å². The van der Waals surface area contributed by atoms with Gasteiger partial charge in [0.05, 0.1) is 0 Å². The van der Waals surface area contributed by atoms with Crippen molar-refractivity contribution in [1.82, 2.24) is 10.2 Å². The highest BCUT2D eigenvalue weighted by atomic mass is 16.1. The van der Waals surface area contributed by atoms with E-state index >= 15 is 0 Å². The lowest BCUT2D eigenvalue weighted by molar-refractivity contribution is -0.127.